The fourth-order valence-electron chi connectivity index (χ4n) is 2.15. The Hall–Kier alpha value is -3.54. The molecule has 3 atom stereocenters. The van der Waals surface area contributed by atoms with Crippen LogP contribution in [0, 0.1) is 0 Å². The lowest BCUT2D eigenvalue weighted by molar-refractivity contribution is -0.139. The number of aliphatic hydroxyl groups excluding tert-OH is 2. The van der Waals surface area contributed by atoms with Crippen molar-refractivity contribution in [1.29, 1.82) is 0 Å². The molecule has 0 aliphatic carbocycles. The number of primary amides is 2. The molecule has 17 heteroatoms. The number of aliphatic carboxylic acids is 1. The Balaban J connectivity index is 4.10. The van der Waals surface area contributed by atoms with Crippen LogP contribution in [0.15, 0.2) is 0 Å². The molecule has 17 nitrogen and oxygen atoms in total. The summed E-state index contributed by atoms with van der Waals surface area (Å²) in [6.45, 7) is -1.79. The number of hydrogen-bond acceptors (Lipinski definition) is 10. The van der Waals surface area contributed by atoms with E-state index in [1.165, 1.54) is 0 Å². The Kier molecular flexibility index (Phi) is 15.2. The molecule has 0 spiro atoms. The zero-order chi connectivity index (χ0) is 26.1. The lowest BCUT2D eigenvalue weighted by atomic mass is 10.2. The van der Waals surface area contributed by atoms with Crippen LogP contribution in [0.2, 0.25) is 0 Å². The maximum Gasteiger partial charge on any atom is 0.316 e. The average Bonchev–Trinajstić information content (AvgIpc) is 2.76. The summed E-state index contributed by atoms with van der Waals surface area (Å²) in [6, 6.07) is -5.21. The number of amides is 6. The van der Waals surface area contributed by atoms with Gasteiger partial charge < -0.3 is 57.5 Å². The fourth-order valence-corrected chi connectivity index (χ4v) is 2.15. The number of hydrogen-bond donors (Lipinski definition) is 9. The number of carboxylic acid groups (broad SMARTS) is 1. The first kappa shape index (κ1) is 30.5. The Morgan fingerprint density at radius 2 is 1.32 bits per heavy atom. The van der Waals surface area contributed by atoms with Crippen LogP contribution in [0.3, 0.4) is 0 Å². The third kappa shape index (κ3) is 13.8. The van der Waals surface area contributed by atoms with Gasteiger partial charge in [0, 0.05) is 6.54 Å². The number of aliphatic hydroxyl groups is 2. The summed E-state index contributed by atoms with van der Waals surface area (Å²) in [5, 5.41) is 35.4. The molecule has 3 unspecified atom stereocenters. The van der Waals surface area contributed by atoms with Gasteiger partial charge >= 0.3 is 12.0 Å². The predicted molar refractivity (Wildman–Crippen MR) is 111 cm³/mol. The first-order valence-electron chi connectivity index (χ1n) is 9.83. The summed E-state index contributed by atoms with van der Waals surface area (Å²) < 4.78 is 10.2. The van der Waals surface area contributed by atoms with E-state index in [-0.39, 0.29) is 26.4 Å². The smallest absolute Gasteiger partial charge is 0.316 e. The van der Waals surface area contributed by atoms with Gasteiger partial charge in [-0.05, 0) is 0 Å². The Morgan fingerprint density at radius 1 is 0.765 bits per heavy atom. The molecule has 0 aromatic carbocycles. The summed E-state index contributed by atoms with van der Waals surface area (Å²) in [4.78, 5) is 68.0. The van der Waals surface area contributed by atoms with Gasteiger partial charge in [-0.2, -0.15) is 0 Å². The number of carboxylic acids is 1. The molecule has 0 heterocycles. The molecule has 0 saturated carbocycles. The van der Waals surface area contributed by atoms with E-state index in [2.05, 4.69) is 16.0 Å². The van der Waals surface area contributed by atoms with Crippen LogP contribution in [0.1, 0.15) is 6.42 Å². The van der Waals surface area contributed by atoms with Gasteiger partial charge in [0.1, 0.15) is 24.7 Å². The summed E-state index contributed by atoms with van der Waals surface area (Å²) in [6.07, 6.45) is -0.763. The quantitative estimate of drug-likeness (QED) is 0.0808. The van der Waals surface area contributed by atoms with Crippen LogP contribution in [-0.2, 0) is 33.4 Å². The topological polar surface area (TPSA) is 282 Å². The Labute approximate surface area is 193 Å². The van der Waals surface area contributed by atoms with Crippen molar-refractivity contribution in [2.24, 2.45) is 11.5 Å². The van der Waals surface area contributed by atoms with E-state index < -0.39 is 80.0 Å². The second-order valence-electron chi connectivity index (χ2n) is 6.57. The third-order valence-electron chi connectivity index (χ3n) is 3.84. The van der Waals surface area contributed by atoms with E-state index in [4.69, 9.17) is 31.2 Å². The number of carbonyl (C=O) groups is 6. The van der Waals surface area contributed by atoms with Crippen LogP contribution >= 0.6 is 0 Å². The Bertz CT molecular complexity index is 720. The van der Waals surface area contributed by atoms with Crippen molar-refractivity contribution in [3.8, 4) is 0 Å². The summed E-state index contributed by atoms with van der Waals surface area (Å²) >= 11 is 0. The molecular weight excluding hydrogens is 464 g/mol. The molecule has 0 aromatic rings. The van der Waals surface area contributed by atoms with Gasteiger partial charge in [-0.25, -0.2) is 4.79 Å². The maximum absolute atomic E-state index is 12.0. The van der Waals surface area contributed by atoms with Crippen LogP contribution in [0.5, 0.6) is 0 Å². The number of nitrogens with one attached hydrogen (secondary N) is 4. The number of nitrogens with two attached hydrogens (primary N) is 2. The molecule has 34 heavy (non-hydrogen) atoms. The van der Waals surface area contributed by atoms with Gasteiger partial charge in [0.15, 0.2) is 0 Å². The minimum absolute atomic E-state index is 0.0000932. The lowest BCUT2D eigenvalue weighted by Crippen LogP contribution is -2.56. The molecule has 0 radical (unpaired) electrons. The molecule has 0 rings (SSSR count). The van der Waals surface area contributed by atoms with Gasteiger partial charge in [-0.3, -0.25) is 24.0 Å². The highest BCUT2D eigenvalue weighted by Gasteiger charge is 2.24. The van der Waals surface area contributed by atoms with E-state index in [0.29, 0.717) is 0 Å². The van der Waals surface area contributed by atoms with Crippen molar-refractivity contribution in [1.82, 2.24) is 21.3 Å². The highest BCUT2D eigenvalue weighted by atomic mass is 16.5. The summed E-state index contributed by atoms with van der Waals surface area (Å²) in [5.74, 6) is -4.82. The minimum Gasteiger partial charge on any atom is -0.481 e. The highest BCUT2D eigenvalue weighted by molar-refractivity contribution is 5.91. The van der Waals surface area contributed by atoms with Crippen LogP contribution in [-0.4, -0.2) is 115 Å². The molecule has 0 saturated heterocycles. The largest absolute Gasteiger partial charge is 0.481 e. The molecular formula is C17H30N6O11. The van der Waals surface area contributed by atoms with Crippen LogP contribution in [0.25, 0.3) is 0 Å². The lowest BCUT2D eigenvalue weighted by Gasteiger charge is -2.19. The molecule has 0 aromatic heterocycles. The minimum atomic E-state index is -1.51. The highest BCUT2D eigenvalue weighted by Crippen LogP contribution is 1.92. The number of ether oxygens (including phenoxy) is 2. The van der Waals surface area contributed by atoms with E-state index in [1.54, 1.807) is 0 Å². The standard InChI is InChI=1S/C17H30N6O11/c18-14(29)9(5-13(27)28)22-17(32)23-11(7-25)16(31)20-1-2-33-3-4-34-8-12(26)21-10(6-24)15(19)30/h9-11,24-25H,1-8H2,(H2,18,29)(H2,19,30)(H,20,31)(H,21,26)(H,27,28)(H2,22,23,32). The van der Waals surface area contributed by atoms with Crippen molar-refractivity contribution in [2.45, 2.75) is 24.5 Å². The monoisotopic (exact) mass is 494 g/mol. The first-order chi connectivity index (χ1) is 16.0. The fraction of sp³-hybridized carbons (Fsp3) is 0.647. The van der Waals surface area contributed by atoms with E-state index in [0.717, 1.165) is 0 Å². The van der Waals surface area contributed by atoms with Gasteiger partial charge in [0.2, 0.25) is 23.6 Å². The molecule has 0 aliphatic rings. The zero-order valence-electron chi connectivity index (χ0n) is 18.2. The van der Waals surface area contributed by atoms with Gasteiger partial charge in [0.05, 0.1) is 39.5 Å². The van der Waals surface area contributed by atoms with E-state index >= 15 is 0 Å². The molecule has 11 N–H and O–H groups in total. The van der Waals surface area contributed by atoms with Crippen LogP contribution < -0.4 is 32.7 Å². The van der Waals surface area contributed by atoms with Crippen LogP contribution in [0.4, 0.5) is 4.79 Å². The molecule has 0 fully saturated rings. The third-order valence-corrected chi connectivity index (χ3v) is 3.84. The SMILES string of the molecule is NC(=O)C(CO)NC(=O)COCCOCCNC(=O)C(CO)NC(=O)NC(CC(=O)O)C(N)=O. The molecule has 6 amide bonds. The Morgan fingerprint density at radius 3 is 1.85 bits per heavy atom. The summed E-state index contributed by atoms with van der Waals surface area (Å²) in [5.41, 5.74) is 9.95. The number of rotatable bonds is 18. The second kappa shape index (κ2) is 17.0. The van der Waals surface area contributed by atoms with Gasteiger partial charge in [0.25, 0.3) is 0 Å². The van der Waals surface area contributed by atoms with E-state index in [9.17, 15) is 33.9 Å². The van der Waals surface area contributed by atoms with Gasteiger partial charge in [-0.1, -0.05) is 0 Å². The summed E-state index contributed by atoms with van der Waals surface area (Å²) in [7, 11) is 0. The van der Waals surface area contributed by atoms with Crippen molar-refractivity contribution in [3.63, 3.8) is 0 Å². The van der Waals surface area contributed by atoms with E-state index in [1.807, 2.05) is 5.32 Å². The molecule has 0 bridgehead atoms. The molecule has 0 aliphatic heterocycles. The number of carbonyl (C=O) groups excluding carboxylic acids is 5. The van der Waals surface area contributed by atoms with Crippen molar-refractivity contribution < 1.29 is 53.6 Å². The average molecular weight is 494 g/mol. The molecule has 194 valence electrons. The van der Waals surface area contributed by atoms with Crippen molar-refractivity contribution >= 4 is 35.6 Å². The predicted octanol–water partition coefficient (Wildman–Crippen LogP) is -5.91. The first-order valence-corrected chi connectivity index (χ1v) is 9.83. The second-order valence-corrected chi connectivity index (χ2v) is 6.57. The maximum atomic E-state index is 12.0. The normalized spacial score (nSPS) is 13.1. The number of urea groups is 1. The zero-order valence-corrected chi connectivity index (χ0v) is 18.2. The van der Waals surface area contributed by atoms with Gasteiger partial charge in [-0.15, -0.1) is 0 Å². The van der Waals surface area contributed by atoms with Crippen molar-refractivity contribution in [3.05, 3.63) is 0 Å². The van der Waals surface area contributed by atoms with Crippen molar-refractivity contribution in [2.75, 3.05) is 46.2 Å².